The normalized spacial score (nSPS) is 11.1. The van der Waals surface area contributed by atoms with Crippen molar-refractivity contribution in [2.45, 2.75) is 26.3 Å². The number of hydrogen-bond donors (Lipinski definition) is 1. The molecule has 0 amide bonds. The standard InChI is InChI=1S/C18H24N2/c1-14(2)16-7-11-18(12-8-16)19-17-9-5-15(6-10-17)13-20(3)4/h5-12,14,19H,13H2,1-4H3. The molecule has 0 aliphatic heterocycles. The first kappa shape index (κ1) is 14.6. The van der Waals surface area contributed by atoms with Crippen molar-refractivity contribution in [3.05, 3.63) is 59.7 Å². The Hall–Kier alpha value is -1.80. The molecule has 2 aromatic rings. The van der Waals surface area contributed by atoms with Gasteiger partial charge in [0.2, 0.25) is 0 Å². The lowest BCUT2D eigenvalue weighted by molar-refractivity contribution is 0.402. The zero-order valence-electron chi connectivity index (χ0n) is 12.9. The number of anilines is 2. The van der Waals surface area contributed by atoms with Gasteiger partial charge in [-0.15, -0.1) is 0 Å². The third-order valence-corrected chi connectivity index (χ3v) is 3.32. The van der Waals surface area contributed by atoms with Crippen LogP contribution in [0.5, 0.6) is 0 Å². The molecule has 20 heavy (non-hydrogen) atoms. The summed E-state index contributed by atoms with van der Waals surface area (Å²) in [5.41, 5.74) is 4.96. The highest BCUT2D eigenvalue weighted by Gasteiger charge is 2.00. The van der Waals surface area contributed by atoms with Crippen LogP contribution in [0, 0.1) is 0 Å². The van der Waals surface area contributed by atoms with Crippen molar-refractivity contribution in [3.8, 4) is 0 Å². The predicted octanol–water partition coefficient (Wildman–Crippen LogP) is 4.62. The topological polar surface area (TPSA) is 15.3 Å². The van der Waals surface area contributed by atoms with Gasteiger partial charge in [-0.25, -0.2) is 0 Å². The summed E-state index contributed by atoms with van der Waals surface area (Å²) in [6.07, 6.45) is 0. The molecule has 0 saturated carbocycles. The molecule has 0 bridgehead atoms. The summed E-state index contributed by atoms with van der Waals surface area (Å²) in [5.74, 6) is 0.578. The fraction of sp³-hybridized carbons (Fsp3) is 0.333. The van der Waals surface area contributed by atoms with E-state index in [-0.39, 0.29) is 0 Å². The quantitative estimate of drug-likeness (QED) is 0.851. The molecule has 1 N–H and O–H groups in total. The fourth-order valence-electron chi connectivity index (χ4n) is 2.18. The number of nitrogens with zero attached hydrogens (tertiary/aromatic N) is 1. The largest absolute Gasteiger partial charge is 0.356 e. The minimum Gasteiger partial charge on any atom is -0.356 e. The summed E-state index contributed by atoms with van der Waals surface area (Å²) in [7, 11) is 4.17. The van der Waals surface area contributed by atoms with E-state index in [2.05, 4.69) is 86.7 Å². The summed E-state index contributed by atoms with van der Waals surface area (Å²) in [6, 6.07) is 17.3. The Labute approximate surface area is 122 Å². The fourth-order valence-corrected chi connectivity index (χ4v) is 2.18. The predicted molar refractivity (Wildman–Crippen MR) is 87.6 cm³/mol. The van der Waals surface area contributed by atoms with Crippen LogP contribution >= 0.6 is 0 Å². The van der Waals surface area contributed by atoms with Crippen LogP contribution in [0.1, 0.15) is 30.9 Å². The van der Waals surface area contributed by atoms with Gasteiger partial charge in [0.1, 0.15) is 0 Å². The maximum absolute atomic E-state index is 3.44. The second kappa shape index (κ2) is 6.58. The van der Waals surface area contributed by atoms with Gasteiger partial charge in [-0.3, -0.25) is 0 Å². The van der Waals surface area contributed by atoms with Gasteiger partial charge in [0.25, 0.3) is 0 Å². The van der Waals surface area contributed by atoms with E-state index in [4.69, 9.17) is 0 Å². The Bertz CT molecular complexity index is 524. The molecule has 0 aliphatic carbocycles. The zero-order valence-corrected chi connectivity index (χ0v) is 12.9. The SMILES string of the molecule is CC(C)c1ccc(Nc2ccc(CN(C)C)cc2)cc1. The molecule has 2 aromatic carbocycles. The van der Waals surface area contributed by atoms with Gasteiger partial charge in [0.05, 0.1) is 0 Å². The molecule has 2 heteroatoms. The van der Waals surface area contributed by atoms with Crippen LogP contribution in [0.4, 0.5) is 11.4 Å². The van der Waals surface area contributed by atoms with Gasteiger partial charge in [-0.05, 0) is 55.4 Å². The van der Waals surface area contributed by atoms with Crippen LogP contribution in [0.15, 0.2) is 48.5 Å². The Morgan fingerprint density at radius 2 is 1.35 bits per heavy atom. The van der Waals surface area contributed by atoms with Crippen LogP contribution in [-0.2, 0) is 6.54 Å². The van der Waals surface area contributed by atoms with Gasteiger partial charge in [0.15, 0.2) is 0 Å². The van der Waals surface area contributed by atoms with E-state index in [1.54, 1.807) is 0 Å². The molecule has 2 nitrogen and oxygen atoms in total. The van der Waals surface area contributed by atoms with Crippen LogP contribution in [-0.4, -0.2) is 19.0 Å². The minimum atomic E-state index is 0.578. The van der Waals surface area contributed by atoms with Crippen molar-refractivity contribution in [2.24, 2.45) is 0 Å². The second-order valence-electron chi connectivity index (χ2n) is 5.84. The highest BCUT2D eigenvalue weighted by Crippen LogP contribution is 2.21. The van der Waals surface area contributed by atoms with E-state index in [1.807, 2.05) is 0 Å². The van der Waals surface area contributed by atoms with Gasteiger partial charge >= 0.3 is 0 Å². The Balaban J connectivity index is 2.02. The van der Waals surface area contributed by atoms with E-state index in [9.17, 15) is 0 Å². The summed E-state index contributed by atoms with van der Waals surface area (Å²) in [5, 5.41) is 3.44. The van der Waals surface area contributed by atoms with Crippen LogP contribution in [0.25, 0.3) is 0 Å². The van der Waals surface area contributed by atoms with Crippen LogP contribution < -0.4 is 5.32 Å². The van der Waals surface area contributed by atoms with E-state index >= 15 is 0 Å². The average molecular weight is 268 g/mol. The van der Waals surface area contributed by atoms with E-state index in [1.165, 1.54) is 11.1 Å². The maximum Gasteiger partial charge on any atom is 0.0384 e. The van der Waals surface area contributed by atoms with E-state index in [0.717, 1.165) is 17.9 Å². The van der Waals surface area contributed by atoms with Gasteiger partial charge < -0.3 is 10.2 Å². The van der Waals surface area contributed by atoms with E-state index < -0.39 is 0 Å². The first-order chi connectivity index (χ1) is 9.54. The van der Waals surface area contributed by atoms with Crippen molar-refractivity contribution in [1.29, 1.82) is 0 Å². The second-order valence-corrected chi connectivity index (χ2v) is 5.84. The highest BCUT2D eigenvalue weighted by molar-refractivity contribution is 5.60. The van der Waals surface area contributed by atoms with Crippen molar-refractivity contribution >= 4 is 11.4 Å². The molecule has 2 rings (SSSR count). The molecule has 0 spiro atoms. The molecular formula is C18H24N2. The minimum absolute atomic E-state index is 0.578. The molecule has 0 radical (unpaired) electrons. The molecule has 0 aliphatic rings. The van der Waals surface area contributed by atoms with Crippen molar-refractivity contribution in [3.63, 3.8) is 0 Å². The molecule has 0 unspecified atom stereocenters. The number of rotatable bonds is 5. The van der Waals surface area contributed by atoms with E-state index in [0.29, 0.717) is 5.92 Å². The zero-order chi connectivity index (χ0) is 14.5. The third kappa shape index (κ3) is 4.10. The molecule has 0 saturated heterocycles. The maximum atomic E-state index is 3.44. The third-order valence-electron chi connectivity index (χ3n) is 3.32. The lowest BCUT2D eigenvalue weighted by Gasteiger charge is -2.12. The summed E-state index contributed by atoms with van der Waals surface area (Å²) >= 11 is 0. The summed E-state index contributed by atoms with van der Waals surface area (Å²) < 4.78 is 0. The molecule has 106 valence electrons. The van der Waals surface area contributed by atoms with Gasteiger partial charge in [0, 0.05) is 17.9 Å². The number of hydrogen-bond acceptors (Lipinski definition) is 2. The number of nitrogens with one attached hydrogen (secondary N) is 1. The molecule has 0 heterocycles. The molecule has 0 atom stereocenters. The monoisotopic (exact) mass is 268 g/mol. The smallest absolute Gasteiger partial charge is 0.0384 e. The van der Waals surface area contributed by atoms with Gasteiger partial charge in [-0.2, -0.15) is 0 Å². The van der Waals surface area contributed by atoms with Crippen LogP contribution in [0.2, 0.25) is 0 Å². The van der Waals surface area contributed by atoms with Crippen molar-refractivity contribution in [2.75, 3.05) is 19.4 Å². The Kier molecular flexibility index (Phi) is 4.80. The summed E-state index contributed by atoms with van der Waals surface area (Å²) in [6.45, 7) is 5.40. The van der Waals surface area contributed by atoms with Crippen molar-refractivity contribution in [1.82, 2.24) is 4.90 Å². The summed E-state index contributed by atoms with van der Waals surface area (Å²) in [4.78, 5) is 2.17. The molecular weight excluding hydrogens is 244 g/mol. The Morgan fingerprint density at radius 3 is 1.80 bits per heavy atom. The Morgan fingerprint density at radius 1 is 0.850 bits per heavy atom. The average Bonchev–Trinajstić information content (AvgIpc) is 2.41. The lowest BCUT2D eigenvalue weighted by Crippen LogP contribution is -2.10. The van der Waals surface area contributed by atoms with Crippen LogP contribution in [0.3, 0.4) is 0 Å². The molecule has 0 aromatic heterocycles. The molecule has 0 fully saturated rings. The lowest BCUT2D eigenvalue weighted by atomic mass is 10.0. The first-order valence-corrected chi connectivity index (χ1v) is 7.15. The van der Waals surface area contributed by atoms with Gasteiger partial charge in [-0.1, -0.05) is 38.1 Å². The first-order valence-electron chi connectivity index (χ1n) is 7.15. The van der Waals surface area contributed by atoms with Crippen molar-refractivity contribution < 1.29 is 0 Å². The highest BCUT2D eigenvalue weighted by atomic mass is 15.0. The number of benzene rings is 2.